The van der Waals surface area contributed by atoms with E-state index in [0.717, 1.165) is 12.1 Å². The summed E-state index contributed by atoms with van der Waals surface area (Å²) in [4.78, 5) is 12.2. The van der Waals surface area contributed by atoms with Crippen molar-refractivity contribution in [3.05, 3.63) is 48.5 Å². The fourth-order valence-corrected chi connectivity index (χ4v) is 7.04. The average molecular weight is 794 g/mol. The molecule has 0 aliphatic carbocycles. The Balaban J connectivity index is 1.49. The zero-order valence-electron chi connectivity index (χ0n) is 25.3. The highest BCUT2D eigenvalue weighted by molar-refractivity contribution is 7.94. The minimum Gasteiger partial charge on any atom is -0.505 e. The highest BCUT2D eigenvalue weighted by atomic mass is 32.2. The molecule has 0 saturated carbocycles. The Kier molecular flexibility index (Phi) is 12.8. The molecule has 4 aromatic rings. The molecule has 0 radical (unpaired) electrons. The molecule has 1 aliphatic rings. The van der Waals surface area contributed by atoms with E-state index in [1.807, 2.05) is 0 Å². The molecule has 2 heterocycles. The molecule has 1 fully saturated rings. The SMILES string of the molecule is O=S(=O)(O)c1cc2cc(SOOO)c(N=Nc3ccc(S(=O)(=O)CCOSOOO)cc3)c(O)c2cc1Nc1nc(F)nc(N2CCOCC2)n1. The van der Waals surface area contributed by atoms with Crippen molar-refractivity contribution in [3.8, 4) is 5.75 Å². The number of ether oxygens (including phenoxy) is 1. The van der Waals surface area contributed by atoms with Crippen LogP contribution in [0.15, 0.2) is 67.4 Å². The molecule has 0 amide bonds. The number of aromatic hydroxyl groups is 1. The molecule has 21 nitrogen and oxygen atoms in total. The minimum absolute atomic E-state index is 0.0110. The number of hydrogen-bond acceptors (Lipinski definition) is 22. The van der Waals surface area contributed by atoms with Gasteiger partial charge in [0.05, 0.1) is 58.8 Å². The Labute approximate surface area is 295 Å². The molecule has 0 atom stereocenters. The lowest BCUT2D eigenvalue weighted by Gasteiger charge is -2.26. The quantitative estimate of drug-likeness (QED) is 0.0264. The van der Waals surface area contributed by atoms with E-state index in [-0.39, 0.29) is 62.5 Å². The number of aromatic nitrogens is 3. The van der Waals surface area contributed by atoms with Crippen LogP contribution >= 0.6 is 24.4 Å². The van der Waals surface area contributed by atoms with Crippen LogP contribution < -0.4 is 10.2 Å². The van der Waals surface area contributed by atoms with Crippen molar-refractivity contribution in [2.24, 2.45) is 10.2 Å². The maximum absolute atomic E-state index is 14.4. The van der Waals surface area contributed by atoms with E-state index in [0.29, 0.717) is 38.3 Å². The van der Waals surface area contributed by atoms with Gasteiger partial charge in [-0.15, -0.1) is 13.8 Å². The topological polar surface area (TPSA) is 283 Å². The summed E-state index contributed by atoms with van der Waals surface area (Å²) in [5.41, 5.74) is -0.524. The first-order valence-corrected chi connectivity index (χ1v) is 18.4. The van der Waals surface area contributed by atoms with Gasteiger partial charge in [-0.3, -0.25) is 8.74 Å². The zero-order chi connectivity index (χ0) is 36.6. The van der Waals surface area contributed by atoms with E-state index >= 15 is 0 Å². The largest absolute Gasteiger partial charge is 0.505 e. The van der Waals surface area contributed by atoms with E-state index in [9.17, 15) is 30.9 Å². The molecule has 0 bridgehead atoms. The number of morpholine rings is 1. The van der Waals surface area contributed by atoms with Crippen molar-refractivity contribution in [2.75, 3.05) is 48.9 Å². The van der Waals surface area contributed by atoms with Crippen LogP contribution in [-0.2, 0) is 47.6 Å². The van der Waals surface area contributed by atoms with Crippen LogP contribution in [-0.4, -0.2) is 90.6 Å². The Morgan fingerprint density at radius 1 is 0.980 bits per heavy atom. The number of rotatable bonds is 16. The molecule has 0 unspecified atom stereocenters. The second-order valence-electron chi connectivity index (χ2n) is 9.84. The van der Waals surface area contributed by atoms with Crippen molar-refractivity contribution in [2.45, 2.75) is 14.7 Å². The molecular formula is C25H24FN7O14S4. The molecule has 5 N–H and O–H groups in total. The van der Waals surface area contributed by atoms with E-state index < -0.39 is 48.4 Å². The van der Waals surface area contributed by atoms with Crippen molar-refractivity contribution in [1.29, 1.82) is 0 Å². The Bertz CT molecular complexity index is 2110. The summed E-state index contributed by atoms with van der Waals surface area (Å²) in [6.45, 7) is 1.08. The number of benzene rings is 3. The van der Waals surface area contributed by atoms with E-state index in [1.54, 1.807) is 4.90 Å². The molecule has 1 aromatic heterocycles. The summed E-state index contributed by atoms with van der Waals surface area (Å²) in [5.74, 6) is -1.52. The van der Waals surface area contributed by atoms with Gasteiger partial charge >= 0.3 is 6.08 Å². The lowest BCUT2D eigenvalue weighted by Crippen LogP contribution is -2.37. The number of phenolic OH excluding ortho intramolecular Hbond substituents is 1. The summed E-state index contributed by atoms with van der Waals surface area (Å²) >= 11 is 0.574. The van der Waals surface area contributed by atoms with Crippen LogP contribution in [0, 0.1) is 6.08 Å². The third-order valence-electron chi connectivity index (χ3n) is 6.72. The standard InChI is InChI=1S/C25H24FN7O14S4/c26-23-28-24(30-25(29-23)33-5-7-42-8-6-33)27-18-13-17-14(12-20(18)51(39,40)41)11-19(48-46-44-35)21(22(17)34)32-31-15-1-3-16(4-2-15)50(37,38)10-9-43-49-47-45-36/h1-4,11-13,34-36H,5-10H2,(H,39,40,41)(H,27,28,29,30). The molecule has 51 heavy (non-hydrogen) atoms. The van der Waals surface area contributed by atoms with Gasteiger partial charge in [0.25, 0.3) is 10.1 Å². The molecule has 0 spiro atoms. The van der Waals surface area contributed by atoms with Crippen LogP contribution in [0.2, 0.25) is 0 Å². The van der Waals surface area contributed by atoms with Crippen molar-refractivity contribution >= 4 is 84.1 Å². The number of nitrogens with one attached hydrogen (secondary N) is 1. The van der Waals surface area contributed by atoms with Gasteiger partial charge < -0.3 is 20.1 Å². The van der Waals surface area contributed by atoms with Gasteiger partial charge in [-0.1, -0.05) is 10.1 Å². The van der Waals surface area contributed by atoms with Crippen LogP contribution in [0.1, 0.15) is 0 Å². The summed E-state index contributed by atoms with van der Waals surface area (Å²) in [6.07, 6.45) is -1.18. The van der Waals surface area contributed by atoms with Crippen LogP contribution in [0.4, 0.5) is 33.3 Å². The first kappa shape index (κ1) is 38.3. The van der Waals surface area contributed by atoms with Crippen LogP contribution in [0.25, 0.3) is 10.8 Å². The lowest BCUT2D eigenvalue weighted by molar-refractivity contribution is -0.434. The minimum atomic E-state index is -4.96. The number of fused-ring (bicyclic) bond motifs is 1. The van der Waals surface area contributed by atoms with Gasteiger partial charge in [-0.25, -0.2) is 18.9 Å². The molecule has 5 rings (SSSR count). The van der Waals surface area contributed by atoms with E-state index in [1.165, 1.54) is 30.3 Å². The third kappa shape index (κ3) is 9.91. The Morgan fingerprint density at radius 3 is 2.39 bits per heavy atom. The number of halogens is 1. The second kappa shape index (κ2) is 17.1. The normalized spacial score (nSPS) is 14.1. The summed E-state index contributed by atoms with van der Waals surface area (Å²) < 4.78 is 93.0. The molecule has 26 heteroatoms. The predicted molar refractivity (Wildman–Crippen MR) is 173 cm³/mol. The van der Waals surface area contributed by atoms with Crippen LogP contribution in [0.5, 0.6) is 5.75 Å². The van der Waals surface area contributed by atoms with Gasteiger partial charge in [-0.2, -0.15) is 32.9 Å². The fraction of sp³-hybridized carbons (Fsp3) is 0.240. The van der Waals surface area contributed by atoms with Crippen LogP contribution in [0.3, 0.4) is 0 Å². The van der Waals surface area contributed by atoms with Crippen molar-refractivity contribution in [3.63, 3.8) is 0 Å². The van der Waals surface area contributed by atoms with E-state index in [2.05, 4.69) is 49.2 Å². The fourth-order valence-electron chi connectivity index (χ4n) is 4.47. The molecule has 1 saturated heterocycles. The highest BCUT2D eigenvalue weighted by Crippen LogP contribution is 2.46. The Hall–Kier alpha value is -3.90. The number of phenols is 1. The monoisotopic (exact) mass is 793 g/mol. The number of hydrogen-bond donors (Lipinski definition) is 5. The highest BCUT2D eigenvalue weighted by Gasteiger charge is 2.24. The second-order valence-corrected chi connectivity index (χ2v) is 14.6. The van der Waals surface area contributed by atoms with Gasteiger partial charge in [0, 0.05) is 18.5 Å². The lowest BCUT2D eigenvalue weighted by atomic mass is 10.1. The summed E-state index contributed by atoms with van der Waals surface area (Å²) in [5, 5.41) is 45.7. The molecule has 1 aliphatic heterocycles. The van der Waals surface area contributed by atoms with Gasteiger partial charge in [0.1, 0.15) is 10.6 Å². The van der Waals surface area contributed by atoms with Gasteiger partial charge in [0.2, 0.25) is 11.9 Å². The van der Waals surface area contributed by atoms with Gasteiger partial charge in [-0.05, 0) is 47.9 Å². The first-order chi connectivity index (χ1) is 24.4. The zero-order valence-corrected chi connectivity index (χ0v) is 28.6. The third-order valence-corrected chi connectivity index (χ3v) is 10.3. The Morgan fingerprint density at radius 2 is 1.71 bits per heavy atom. The molecule has 274 valence electrons. The van der Waals surface area contributed by atoms with Crippen molar-refractivity contribution in [1.82, 2.24) is 15.0 Å². The smallest absolute Gasteiger partial charge is 0.315 e. The van der Waals surface area contributed by atoms with Crippen molar-refractivity contribution < 1.29 is 69.1 Å². The average Bonchev–Trinajstić information content (AvgIpc) is 3.10. The molecule has 3 aromatic carbocycles. The summed E-state index contributed by atoms with van der Waals surface area (Å²) in [7, 11) is -8.76. The summed E-state index contributed by atoms with van der Waals surface area (Å²) in [6, 6.07) is 8.45. The number of anilines is 3. The van der Waals surface area contributed by atoms with Gasteiger partial charge in [0.15, 0.2) is 27.9 Å². The number of azo groups is 1. The number of nitrogens with zero attached hydrogens (tertiary/aromatic N) is 6. The predicted octanol–water partition coefficient (Wildman–Crippen LogP) is 4.31. The maximum atomic E-state index is 14.4. The number of sulfone groups is 1. The maximum Gasteiger partial charge on any atom is 0.315 e. The first-order valence-electron chi connectivity index (χ1n) is 13.9. The molecular weight excluding hydrogens is 770 g/mol. The van der Waals surface area contributed by atoms with E-state index in [4.69, 9.17) is 19.4 Å².